The number of sulfonamides is 1. The SMILES string of the molecule is CCCCCOc1ccc(S(=O)(=O)N2CCN(c3ccccc3)CC2)c2ccccc12. The number of para-hydroxylation sites is 1. The van der Waals surface area contributed by atoms with Crippen molar-refractivity contribution in [3.8, 4) is 5.75 Å². The molecule has 0 spiro atoms. The van der Waals surface area contributed by atoms with Crippen molar-refractivity contribution in [2.75, 3.05) is 37.7 Å². The van der Waals surface area contributed by atoms with Gasteiger partial charge in [-0.1, -0.05) is 62.2 Å². The molecule has 6 heteroatoms. The summed E-state index contributed by atoms with van der Waals surface area (Å²) in [4.78, 5) is 2.59. The van der Waals surface area contributed by atoms with Crippen LogP contribution in [0.25, 0.3) is 10.8 Å². The molecular formula is C25H30N2O3S. The van der Waals surface area contributed by atoms with Crippen LogP contribution in [-0.4, -0.2) is 45.5 Å². The highest BCUT2D eigenvalue weighted by Gasteiger charge is 2.30. The maximum absolute atomic E-state index is 13.5. The van der Waals surface area contributed by atoms with Gasteiger partial charge in [-0.15, -0.1) is 0 Å². The molecule has 0 saturated carbocycles. The van der Waals surface area contributed by atoms with E-state index in [1.54, 1.807) is 16.4 Å². The standard InChI is InChI=1S/C25H30N2O3S/c1-2-3-9-20-30-24-14-15-25(23-13-8-7-12-22(23)24)31(28,29)27-18-16-26(17-19-27)21-10-5-4-6-11-21/h4-8,10-15H,2-3,9,16-20H2,1H3. The van der Waals surface area contributed by atoms with E-state index in [4.69, 9.17) is 4.74 Å². The largest absolute Gasteiger partial charge is 0.493 e. The molecular weight excluding hydrogens is 408 g/mol. The molecule has 0 amide bonds. The Labute approximate surface area is 185 Å². The molecule has 3 aromatic rings. The number of piperazine rings is 1. The van der Waals surface area contributed by atoms with Crippen molar-refractivity contribution < 1.29 is 13.2 Å². The smallest absolute Gasteiger partial charge is 0.243 e. The molecule has 1 saturated heterocycles. The quantitative estimate of drug-likeness (QED) is 0.469. The van der Waals surface area contributed by atoms with Crippen molar-refractivity contribution in [1.82, 2.24) is 4.31 Å². The fraction of sp³-hybridized carbons (Fsp3) is 0.360. The minimum absolute atomic E-state index is 0.358. The summed E-state index contributed by atoms with van der Waals surface area (Å²) in [6, 6.07) is 21.3. The minimum atomic E-state index is -3.59. The van der Waals surface area contributed by atoms with Gasteiger partial charge in [0.25, 0.3) is 0 Å². The number of ether oxygens (including phenoxy) is 1. The van der Waals surface area contributed by atoms with E-state index in [0.717, 1.165) is 41.5 Å². The van der Waals surface area contributed by atoms with Gasteiger partial charge in [-0.25, -0.2) is 8.42 Å². The molecule has 5 nitrogen and oxygen atoms in total. The number of rotatable bonds is 8. The van der Waals surface area contributed by atoms with Crippen molar-refractivity contribution in [3.05, 3.63) is 66.7 Å². The van der Waals surface area contributed by atoms with Crippen LogP contribution in [0, 0.1) is 0 Å². The van der Waals surface area contributed by atoms with Crippen molar-refractivity contribution in [2.45, 2.75) is 31.1 Å². The van der Waals surface area contributed by atoms with Gasteiger partial charge < -0.3 is 9.64 Å². The van der Waals surface area contributed by atoms with Crippen molar-refractivity contribution in [3.63, 3.8) is 0 Å². The average Bonchev–Trinajstić information content (AvgIpc) is 2.82. The number of benzene rings is 3. The summed E-state index contributed by atoms with van der Waals surface area (Å²) < 4.78 is 34.6. The first-order valence-corrected chi connectivity index (χ1v) is 12.5. The Morgan fingerprint density at radius 1 is 0.806 bits per heavy atom. The summed E-state index contributed by atoms with van der Waals surface area (Å²) in [5.41, 5.74) is 1.13. The van der Waals surface area contributed by atoms with Crippen LogP contribution in [0.3, 0.4) is 0 Å². The molecule has 0 N–H and O–H groups in total. The van der Waals surface area contributed by atoms with E-state index in [1.165, 1.54) is 0 Å². The van der Waals surface area contributed by atoms with Crippen molar-refractivity contribution in [1.29, 1.82) is 0 Å². The topological polar surface area (TPSA) is 49.9 Å². The Kier molecular flexibility index (Phi) is 6.78. The highest BCUT2D eigenvalue weighted by Crippen LogP contribution is 2.33. The zero-order chi connectivity index (χ0) is 21.7. The van der Waals surface area contributed by atoms with Crippen LogP contribution in [0.15, 0.2) is 71.6 Å². The lowest BCUT2D eigenvalue weighted by atomic mass is 10.1. The van der Waals surface area contributed by atoms with Gasteiger partial charge >= 0.3 is 0 Å². The van der Waals surface area contributed by atoms with E-state index in [-0.39, 0.29) is 0 Å². The fourth-order valence-electron chi connectivity index (χ4n) is 4.09. The van der Waals surface area contributed by atoms with E-state index in [1.807, 2.05) is 42.5 Å². The Balaban J connectivity index is 1.55. The molecule has 1 aliphatic heterocycles. The highest BCUT2D eigenvalue weighted by atomic mass is 32.2. The van der Waals surface area contributed by atoms with E-state index in [9.17, 15) is 8.42 Å². The Morgan fingerprint density at radius 3 is 2.19 bits per heavy atom. The summed E-state index contributed by atoms with van der Waals surface area (Å²) in [6.07, 6.45) is 3.26. The van der Waals surface area contributed by atoms with Crippen LogP contribution < -0.4 is 9.64 Å². The molecule has 1 fully saturated rings. The molecule has 0 unspecified atom stereocenters. The van der Waals surface area contributed by atoms with Crippen LogP contribution in [-0.2, 0) is 10.0 Å². The van der Waals surface area contributed by atoms with E-state index >= 15 is 0 Å². The number of nitrogens with zero attached hydrogens (tertiary/aromatic N) is 2. The van der Waals surface area contributed by atoms with Gasteiger partial charge in [0.1, 0.15) is 5.75 Å². The maximum Gasteiger partial charge on any atom is 0.243 e. The third-order valence-electron chi connectivity index (χ3n) is 5.83. The van der Waals surface area contributed by atoms with Crippen LogP contribution in [0.1, 0.15) is 26.2 Å². The second kappa shape index (κ2) is 9.71. The molecule has 0 bridgehead atoms. The van der Waals surface area contributed by atoms with Gasteiger partial charge in [-0.3, -0.25) is 0 Å². The third kappa shape index (κ3) is 4.70. The molecule has 0 aliphatic carbocycles. The highest BCUT2D eigenvalue weighted by molar-refractivity contribution is 7.89. The zero-order valence-corrected chi connectivity index (χ0v) is 18.9. The molecule has 4 rings (SSSR count). The molecule has 31 heavy (non-hydrogen) atoms. The summed E-state index contributed by atoms with van der Waals surface area (Å²) in [5, 5.41) is 1.57. The van der Waals surface area contributed by atoms with Gasteiger partial charge in [0.15, 0.2) is 0 Å². The van der Waals surface area contributed by atoms with Gasteiger partial charge in [0, 0.05) is 42.6 Å². The zero-order valence-electron chi connectivity index (χ0n) is 18.0. The predicted octanol–water partition coefficient (Wildman–Crippen LogP) is 4.92. The first kappa shape index (κ1) is 21.7. The Bertz CT molecular complexity index is 1110. The third-order valence-corrected chi connectivity index (χ3v) is 7.78. The second-order valence-corrected chi connectivity index (χ2v) is 9.80. The normalized spacial score (nSPS) is 15.3. The lowest BCUT2D eigenvalue weighted by molar-refractivity contribution is 0.309. The Morgan fingerprint density at radius 2 is 1.48 bits per heavy atom. The first-order valence-electron chi connectivity index (χ1n) is 11.1. The van der Waals surface area contributed by atoms with E-state index < -0.39 is 10.0 Å². The fourth-order valence-corrected chi connectivity index (χ4v) is 5.71. The van der Waals surface area contributed by atoms with E-state index in [0.29, 0.717) is 37.7 Å². The molecule has 3 aromatic carbocycles. The number of anilines is 1. The van der Waals surface area contributed by atoms with Crippen LogP contribution in [0.4, 0.5) is 5.69 Å². The van der Waals surface area contributed by atoms with Crippen molar-refractivity contribution >= 4 is 26.5 Å². The molecule has 0 atom stereocenters. The number of fused-ring (bicyclic) bond motifs is 1. The molecule has 1 heterocycles. The van der Waals surface area contributed by atoms with Gasteiger partial charge in [0.05, 0.1) is 11.5 Å². The Hall–Kier alpha value is -2.57. The van der Waals surface area contributed by atoms with Crippen molar-refractivity contribution in [2.24, 2.45) is 0 Å². The maximum atomic E-state index is 13.5. The van der Waals surface area contributed by atoms with Gasteiger partial charge in [-0.05, 0) is 30.7 Å². The minimum Gasteiger partial charge on any atom is -0.493 e. The van der Waals surface area contributed by atoms with Crippen LogP contribution in [0.2, 0.25) is 0 Å². The van der Waals surface area contributed by atoms with Gasteiger partial charge in [0.2, 0.25) is 10.0 Å². The monoisotopic (exact) mass is 438 g/mol. The number of unbranched alkanes of at least 4 members (excludes halogenated alkanes) is 2. The van der Waals surface area contributed by atoms with Crippen LogP contribution >= 0.6 is 0 Å². The molecule has 1 aliphatic rings. The predicted molar refractivity (Wildman–Crippen MR) is 126 cm³/mol. The summed E-state index contributed by atoms with van der Waals surface area (Å²) in [6.45, 7) is 5.11. The number of hydrogen-bond acceptors (Lipinski definition) is 4. The summed E-state index contributed by atoms with van der Waals surface area (Å²) in [5.74, 6) is 0.750. The summed E-state index contributed by atoms with van der Waals surface area (Å²) >= 11 is 0. The molecule has 0 radical (unpaired) electrons. The van der Waals surface area contributed by atoms with Gasteiger partial charge in [-0.2, -0.15) is 4.31 Å². The lowest BCUT2D eigenvalue weighted by Gasteiger charge is -2.35. The van der Waals surface area contributed by atoms with E-state index in [2.05, 4.69) is 24.0 Å². The van der Waals surface area contributed by atoms with Crippen LogP contribution in [0.5, 0.6) is 5.75 Å². The lowest BCUT2D eigenvalue weighted by Crippen LogP contribution is -2.48. The molecule has 0 aromatic heterocycles. The summed E-state index contributed by atoms with van der Waals surface area (Å²) in [7, 11) is -3.59. The average molecular weight is 439 g/mol. The first-order chi connectivity index (χ1) is 15.1. The second-order valence-electron chi connectivity index (χ2n) is 7.89. The number of hydrogen-bond donors (Lipinski definition) is 0. The molecule has 164 valence electrons.